The van der Waals surface area contributed by atoms with Gasteiger partial charge < -0.3 is 15.1 Å². The Morgan fingerprint density at radius 2 is 1.77 bits per heavy atom. The van der Waals surface area contributed by atoms with Crippen molar-refractivity contribution in [3.05, 3.63) is 46.2 Å². The van der Waals surface area contributed by atoms with Gasteiger partial charge in [0.2, 0.25) is 5.91 Å². The van der Waals surface area contributed by atoms with Crippen molar-refractivity contribution in [3.8, 4) is 0 Å². The van der Waals surface area contributed by atoms with Crippen molar-refractivity contribution in [1.82, 2.24) is 4.90 Å². The molecule has 0 radical (unpaired) electrons. The molecular weight excluding hydrogens is 394 g/mol. The Hall–Kier alpha value is -2.34. The van der Waals surface area contributed by atoms with Crippen LogP contribution >= 0.6 is 11.3 Å². The molecule has 2 rings (SSSR count). The average molecular weight is 430 g/mol. The highest BCUT2D eigenvalue weighted by molar-refractivity contribution is 7.12. The second-order valence-corrected chi connectivity index (χ2v) is 9.73. The molecule has 2 amide bonds. The maximum absolute atomic E-state index is 13.3. The molecule has 1 N–H and O–H groups in total. The van der Waals surface area contributed by atoms with Crippen LogP contribution in [0.5, 0.6) is 0 Å². The van der Waals surface area contributed by atoms with Crippen LogP contribution < -0.4 is 10.2 Å². The van der Waals surface area contributed by atoms with Gasteiger partial charge in [0.05, 0.1) is 4.88 Å². The van der Waals surface area contributed by atoms with E-state index in [9.17, 15) is 9.59 Å². The fourth-order valence-corrected chi connectivity index (χ4v) is 3.97. The van der Waals surface area contributed by atoms with Gasteiger partial charge in [-0.2, -0.15) is 0 Å². The summed E-state index contributed by atoms with van der Waals surface area (Å²) in [6.07, 6.45) is 0.484. The van der Waals surface area contributed by atoms with Gasteiger partial charge in [0.25, 0.3) is 5.91 Å². The zero-order valence-corrected chi connectivity index (χ0v) is 20.0. The number of thiophene rings is 1. The van der Waals surface area contributed by atoms with Crippen molar-refractivity contribution in [1.29, 1.82) is 0 Å². The zero-order chi connectivity index (χ0) is 22.4. The van der Waals surface area contributed by atoms with Crippen LogP contribution in [0.3, 0.4) is 0 Å². The number of benzene rings is 1. The van der Waals surface area contributed by atoms with Gasteiger partial charge in [0.15, 0.2) is 0 Å². The van der Waals surface area contributed by atoms with Gasteiger partial charge in [-0.05, 0) is 54.0 Å². The van der Waals surface area contributed by atoms with Gasteiger partial charge in [0, 0.05) is 44.5 Å². The molecule has 5 nitrogen and oxygen atoms in total. The summed E-state index contributed by atoms with van der Waals surface area (Å²) >= 11 is 1.47. The van der Waals surface area contributed by atoms with Crippen LogP contribution in [0, 0.1) is 11.8 Å². The molecule has 30 heavy (non-hydrogen) atoms. The Bertz CT molecular complexity index is 844. The summed E-state index contributed by atoms with van der Waals surface area (Å²) in [5.41, 5.74) is 2.82. The molecule has 0 aliphatic rings. The molecule has 0 saturated heterocycles. The van der Waals surface area contributed by atoms with Crippen LogP contribution in [0.2, 0.25) is 0 Å². The van der Waals surface area contributed by atoms with E-state index in [2.05, 4.69) is 26.1 Å². The lowest BCUT2D eigenvalue weighted by atomic mass is 10.0. The first kappa shape index (κ1) is 23.9. The summed E-state index contributed by atoms with van der Waals surface area (Å²) in [4.78, 5) is 30.3. The van der Waals surface area contributed by atoms with Crippen molar-refractivity contribution < 1.29 is 9.59 Å². The maximum Gasteiger partial charge on any atom is 0.264 e. The summed E-state index contributed by atoms with van der Waals surface area (Å²) in [6, 6.07) is 9.79. The topological polar surface area (TPSA) is 52.7 Å². The molecule has 0 bridgehead atoms. The Morgan fingerprint density at radius 1 is 1.07 bits per heavy atom. The molecular formula is C24H35N3O2S. The number of nitrogens with zero attached hydrogens (tertiary/aromatic N) is 2. The monoisotopic (exact) mass is 429 g/mol. The fourth-order valence-electron chi connectivity index (χ4n) is 3.29. The molecule has 0 aliphatic heterocycles. The molecule has 0 spiro atoms. The molecule has 1 aromatic carbocycles. The fraction of sp³-hybridized carbons (Fsp3) is 0.500. The molecule has 0 fully saturated rings. The highest BCUT2D eigenvalue weighted by atomic mass is 32.1. The minimum atomic E-state index is 0.00983. The number of hydrogen-bond acceptors (Lipinski definition) is 4. The van der Waals surface area contributed by atoms with Crippen molar-refractivity contribution in [2.24, 2.45) is 11.8 Å². The highest BCUT2D eigenvalue weighted by Gasteiger charge is 2.26. The van der Waals surface area contributed by atoms with Crippen molar-refractivity contribution in [3.63, 3.8) is 0 Å². The van der Waals surface area contributed by atoms with Crippen LogP contribution in [0.1, 0.15) is 56.3 Å². The number of nitrogens with one attached hydrogen (secondary N) is 1. The van der Waals surface area contributed by atoms with Crippen LogP contribution in [-0.2, 0) is 11.3 Å². The minimum Gasteiger partial charge on any atom is -0.377 e. The summed E-state index contributed by atoms with van der Waals surface area (Å²) in [5, 5.41) is 4.94. The number of rotatable bonds is 9. The first-order chi connectivity index (χ1) is 14.1. The number of carbonyl (C=O) groups excluding carboxylic acids is 2. The first-order valence-corrected chi connectivity index (χ1v) is 11.4. The predicted molar refractivity (Wildman–Crippen MR) is 127 cm³/mol. The third kappa shape index (κ3) is 6.33. The third-order valence-corrected chi connectivity index (χ3v) is 6.09. The summed E-state index contributed by atoms with van der Waals surface area (Å²) in [6.45, 7) is 10.9. The lowest BCUT2D eigenvalue weighted by molar-refractivity contribution is -0.116. The molecule has 0 aliphatic carbocycles. The smallest absolute Gasteiger partial charge is 0.264 e. The van der Waals surface area contributed by atoms with E-state index in [1.54, 1.807) is 0 Å². The molecule has 1 atom stereocenters. The van der Waals surface area contributed by atoms with Gasteiger partial charge >= 0.3 is 0 Å². The quantitative estimate of drug-likeness (QED) is 0.574. The van der Waals surface area contributed by atoms with E-state index in [4.69, 9.17) is 0 Å². The summed E-state index contributed by atoms with van der Waals surface area (Å²) in [5.74, 6) is 0.683. The lowest BCUT2D eigenvalue weighted by Crippen LogP contribution is -2.41. The average Bonchev–Trinajstić information content (AvgIpc) is 3.18. The van der Waals surface area contributed by atoms with Crippen LogP contribution in [0.25, 0.3) is 0 Å². The predicted octanol–water partition coefficient (Wildman–Crippen LogP) is 5.49. The Labute approximate surface area is 185 Å². The number of carbonyl (C=O) groups is 2. The Morgan fingerprint density at radius 3 is 2.30 bits per heavy atom. The Kier molecular flexibility index (Phi) is 8.47. The van der Waals surface area contributed by atoms with Gasteiger partial charge in [-0.3, -0.25) is 9.59 Å². The molecule has 164 valence electrons. The van der Waals surface area contributed by atoms with E-state index in [0.29, 0.717) is 24.8 Å². The van der Waals surface area contributed by atoms with Crippen LogP contribution in [-0.4, -0.2) is 36.9 Å². The third-order valence-electron chi connectivity index (χ3n) is 5.23. The molecule has 2 aromatic rings. The number of anilines is 2. The van der Waals surface area contributed by atoms with Crippen molar-refractivity contribution in [2.75, 3.05) is 24.3 Å². The zero-order valence-electron chi connectivity index (χ0n) is 19.2. The van der Waals surface area contributed by atoms with Crippen molar-refractivity contribution in [2.45, 2.75) is 53.6 Å². The SMILES string of the molecule is CC(C)CC(=O)Nc1ccc(N(C)C)c(CN(C(=O)c2cccs2)C(C)C(C)C)c1. The number of hydrogen-bond donors (Lipinski definition) is 1. The molecule has 6 heteroatoms. The second-order valence-electron chi connectivity index (χ2n) is 8.78. The summed E-state index contributed by atoms with van der Waals surface area (Å²) in [7, 11) is 3.99. The maximum atomic E-state index is 13.3. The number of amides is 2. The van der Waals surface area contributed by atoms with Gasteiger partial charge in [-0.1, -0.05) is 33.8 Å². The highest BCUT2D eigenvalue weighted by Crippen LogP contribution is 2.28. The largest absolute Gasteiger partial charge is 0.377 e. The second kappa shape index (κ2) is 10.6. The van der Waals surface area contributed by atoms with Crippen LogP contribution in [0.4, 0.5) is 11.4 Å². The minimum absolute atomic E-state index is 0.00983. The molecule has 1 unspecified atom stereocenters. The standard InChI is InChI=1S/C24H35N3O2S/c1-16(2)13-23(28)25-20-10-11-21(26(6)7)19(14-20)15-27(18(5)17(3)4)24(29)22-9-8-12-30-22/h8-12,14,16-18H,13,15H2,1-7H3,(H,25,28). The lowest BCUT2D eigenvalue weighted by Gasteiger charge is -2.33. The van der Waals surface area contributed by atoms with Gasteiger partial charge in [-0.15, -0.1) is 11.3 Å². The van der Waals surface area contributed by atoms with E-state index < -0.39 is 0 Å². The molecule has 1 aromatic heterocycles. The van der Waals surface area contributed by atoms with E-state index in [0.717, 1.165) is 21.8 Å². The Balaban J connectivity index is 2.37. The van der Waals surface area contributed by atoms with Crippen molar-refractivity contribution >= 4 is 34.5 Å². The van der Waals surface area contributed by atoms with E-state index in [1.807, 2.05) is 73.5 Å². The van der Waals surface area contributed by atoms with E-state index in [-0.39, 0.29) is 17.9 Å². The van der Waals surface area contributed by atoms with E-state index in [1.165, 1.54) is 11.3 Å². The first-order valence-electron chi connectivity index (χ1n) is 10.5. The normalized spacial score (nSPS) is 12.2. The molecule has 0 saturated carbocycles. The van der Waals surface area contributed by atoms with Gasteiger partial charge in [0.1, 0.15) is 0 Å². The van der Waals surface area contributed by atoms with E-state index >= 15 is 0 Å². The summed E-state index contributed by atoms with van der Waals surface area (Å²) < 4.78 is 0. The van der Waals surface area contributed by atoms with Gasteiger partial charge in [-0.25, -0.2) is 0 Å². The van der Waals surface area contributed by atoms with Crippen LogP contribution in [0.15, 0.2) is 35.7 Å². The molecule has 1 heterocycles.